The van der Waals surface area contributed by atoms with Crippen molar-refractivity contribution in [3.05, 3.63) is 206 Å². The molecule has 0 aliphatic heterocycles. The van der Waals surface area contributed by atoms with E-state index >= 15 is 0 Å². The largest absolute Gasteiger partial charge is 0.309 e. The van der Waals surface area contributed by atoms with Gasteiger partial charge in [0.15, 0.2) is 29.1 Å². The summed E-state index contributed by atoms with van der Waals surface area (Å²) in [6.45, 7) is 0. The molecule has 12 rings (SSSR count). The van der Waals surface area contributed by atoms with Gasteiger partial charge in [-0.1, -0.05) is 170 Å². The average molecular weight is 795 g/mol. The molecule has 12 aromatic rings. The lowest BCUT2D eigenvalue weighted by molar-refractivity contribution is 0.953. The predicted octanol–water partition coefficient (Wildman–Crippen LogP) is 12.6. The normalized spacial score (nSPS) is 11.5. The Bertz CT molecular complexity index is 3560. The van der Waals surface area contributed by atoms with Crippen molar-refractivity contribution in [1.29, 1.82) is 0 Å². The van der Waals surface area contributed by atoms with Crippen LogP contribution in [0.25, 0.3) is 112 Å². The third kappa shape index (κ3) is 5.92. The summed E-state index contributed by atoms with van der Waals surface area (Å²) in [6.07, 6.45) is 0. The van der Waals surface area contributed by atoms with Gasteiger partial charge in [0.2, 0.25) is 5.95 Å². The molecular formula is C54H34N8. The van der Waals surface area contributed by atoms with Crippen LogP contribution in [-0.4, -0.2) is 39.0 Å². The predicted molar refractivity (Wildman–Crippen MR) is 249 cm³/mol. The van der Waals surface area contributed by atoms with Crippen LogP contribution in [0.2, 0.25) is 0 Å². The minimum atomic E-state index is 0.519. The molecule has 0 radical (unpaired) electrons. The molecule has 4 heterocycles. The molecule has 8 nitrogen and oxygen atoms in total. The highest BCUT2D eigenvalue weighted by molar-refractivity contribution is 6.26. The number of fused-ring (bicyclic) bond motifs is 7. The fourth-order valence-electron chi connectivity index (χ4n) is 8.61. The number of para-hydroxylation sites is 3. The van der Waals surface area contributed by atoms with Crippen molar-refractivity contribution in [2.45, 2.75) is 0 Å². The monoisotopic (exact) mass is 794 g/mol. The van der Waals surface area contributed by atoms with Gasteiger partial charge in [-0.05, 0) is 36.4 Å². The Balaban J connectivity index is 1.09. The molecule has 0 spiro atoms. The second kappa shape index (κ2) is 14.6. The van der Waals surface area contributed by atoms with Gasteiger partial charge in [-0.3, -0.25) is 4.57 Å². The molecule has 0 saturated carbocycles. The second-order valence-electron chi connectivity index (χ2n) is 15.2. The summed E-state index contributed by atoms with van der Waals surface area (Å²) in [6, 6.07) is 70.4. The van der Waals surface area contributed by atoms with Gasteiger partial charge in [0.1, 0.15) is 0 Å². The van der Waals surface area contributed by atoms with E-state index in [1.54, 1.807) is 0 Å². The van der Waals surface area contributed by atoms with Crippen LogP contribution >= 0.6 is 0 Å². The van der Waals surface area contributed by atoms with Gasteiger partial charge in [0.25, 0.3) is 0 Å². The summed E-state index contributed by atoms with van der Waals surface area (Å²) in [5, 5.41) is 4.61. The van der Waals surface area contributed by atoms with Gasteiger partial charge in [-0.25, -0.2) is 19.9 Å². The number of benzene rings is 8. The van der Waals surface area contributed by atoms with E-state index in [4.69, 9.17) is 29.9 Å². The fraction of sp³-hybridized carbons (Fsp3) is 0. The Morgan fingerprint density at radius 2 is 0.694 bits per heavy atom. The average Bonchev–Trinajstić information content (AvgIpc) is 3.88. The zero-order valence-corrected chi connectivity index (χ0v) is 33.2. The lowest BCUT2D eigenvalue weighted by Gasteiger charge is -2.12. The van der Waals surface area contributed by atoms with E-state index in [9.17, 15) is 0 Å². The van der Waals surface area contributed by atoms with E-state index in [-0.39, 0.29) is 0 Å². The molecule has 4 aromatic heterocycles. The van der Waals surface area contributed by atoms with E-state index in [0.717, 1.165) is 66.3 Å². The molecule has 0 unspecified atom stereocenters. The van der Waals surface area contributed by atoms with E-state index in [1.807, 2.05) is 109 Å². The molecule has 0 N–H and O–H groups in total. The van der Waals surface area contributed by atoms with E-state index in [1.165, 1.54) is 10.8 Å². The molecule has 0 saturated heterocycles. The topological polar surface area (TPSA) is 87.2 Å². The van der Waals surface area contributed by atoms with Crippen LogP contribution < -0.4 is 0 Å². The maximum Gasteiger partial charge on any atom is 0.238 e. The van der Waals surface area contributed by atoms with Crippen LogP contribution in [-0.2, 0) is 0 Å². The van der Waals surface area contributed by atoms with E-state index < -0.39 is 0 Å². The molecule has 0 aliphatic rings. The molecule has 0 atom stereocenters. The summed E-state index contributed by atoms with van der Waals surface area (Å²) in [5.41, 5.74) is 9.70. The lowest BCUT2D eigenvalue weighted by Crippen LogP contribution is -2.06. The number of aromatic nitrogens is 8. The smallest absolute Gasteiger partial charge is 0.238 e. The molecule has 0 bridgehead atoms. The minimum absolute atomic E-state index is 0.519. The van der Waals surface area contributed by atoms with Crippen molar-refractivity contribution in [1.82, 2.24) is 39.0 Å². The highest BCUT2D eigenvalue weighted by Crippen LogP contribution is 2.42. The molecule has 0 amide bonds. The van der Waals surface area contributed by atoms with Crippen LogP contribution in [0, 0.1) is 0 Å². The molecule has 8 aromatic carbocycles. The number of nitrogens with zero attached hydrogens (tertiary/aromatic N) is 8. The van der Waals surface area contributed by atoms with Crippen LogP contribution in [0.5, 0.6) is 0 Å². The maximum atomic E-state index is 5.32. The van der Waals surface area contributed by atoms with Gasteiger partial charge in [0.05, 0.1) is 22.1 Å². The highest BCUT2D eigenvalue weighted by atomic mass is 15.2. The highest BCUT2D eigenvalue weighted by Gasteiger charge is 2.23. The van der Waals surface area contributed by atoms with Crippen molar-refractivity contribution in [3.63, 3.8) is 0 Å². The summed E-state index contributed by atoms with van der Waals surface area (Å²) in [7, 11) is 0. The van der Waals surface area contributed by atoms with Crippen molar-refractivity contribution in [2.75, 3.05) is 0 Å². The van der Waals surface area contributed by atoms with Crippen LogP contribution in [0.4, 0.5) is 0 Å². The van der Waals surface area contributed by atoms with E-state index in [0.29, 0.717) is 35.1 Å². The van der Waals surface area contributed by atoms with Crippen molar-refractivity contribution in [2.24, 2.45) is 0 Å². The first-order chi connectivity index (χ1) is 30.7. The van der Waals surface area contributed by atoms with Crippen molar-refractivity contribution in [3.8, 4) is 68.6 Å². The Labute approximate surface area is 356 Å². The SMILES string of the molecule is c1ccc(-c2nc(-c3ccccc3)nc(-c3cccc(-c4nc(-c5ccccc5)nc(-n5c6ccccc6c6c5ccc5c7ccccc7n(-c7ccccc7)c56)n4)c3)n2)cc1. The standard InChI is InChI=1S/C54H34N8/c1-5-18-35(19-6-1)49-55-50(36-20-7-2-8-21-36)57-52(56-49)38-24-17-25-39(34-38)53-58-51(37-22-9-3-10-23-37)59-54(60-53)62-45-31-16-14-29-43(45)47-46(62)33-32-42-41-28-13-15-30-44(41)61(48(42)47)40-26-11-4-12-27-40/h1-34H. The van der Waals surface area contributed by atoms with Crippen LogP contribution in [0.15, 0.2) is 206 Å². The lowest BCUT2D eigenvalue weighted by atomic mass is 10.1. The molecular weight excluding hydrogens is 761 g/mol. The quantitative estimate of drug-likeness (QED) is 0.160. The Morgan fingerprint density at radius 1 is 0.274 bits per heavy atom. The van der Waals surface area contributed by atoms with Crippen LogP contribution in [0.3, 0.4) is 0 Å². The van der Waals surface area contributed by atoms with Crippen molar-refractivity contribution < 1.29 is 0 Å². The molecule has 0 fully saturated rings. The summed E-state index contributed by atoms with van der Waals surface area (Å²) >= 11 is 0. The van der Waals surface area contributed by atoms with Crippen LogP contribution in [0.1, 0.15) is 0 Å². The molecule has 8 heteroatoms. The molecule has 290 valence electrons. The Hall–Kier alpha value is -8.62. The first kappa shape index (κ1) is 35.3. The van der Waals surface area contributed by atoms with Crippen molar-refractivity contribution >= 4 is 43.6 Å². The number of hydrogen-bond acceptors (Lipinski definition) is 6. The fourth-order valence-corrected chi connectivity index (χ4v) is 8.61. The third-order valence-corrected chi connectivity index (χ3v) is 11.4. The summed E-state index contributed by atoms with van der Waals surface area (Å²) in [5.74, 6) is 3.37. The number of hydrogen-bond donors (Lipinski definition) is 0. The van der Waals surface area contributed by atoms with Gasteiger partial charge in [0, 0.05) is 55.0 Å². The van der Waals surface area contributed by atoms with Gasteiger partial charge < -0.3 is 4.57 Å². The van der Waals surface area contributed by atoms with E-state index in [2.05, 4.69) is 106 Å². The first-order valence-corrected chi connectivity index (χ1v) is 20.6. The first-order valence-electron chi connectivity index (χ1n) is 20.6. The zero-order valence-electron chi connectivity index (χ0n) is 33.2. The zero-order chi connectivity index (χ0) is 41.0. The Kier molecular flexibility index (Phi) is 8.31. The minimum Gasteiger partial charge on any atom is -0.309 e. The second-order valence-corrected chi connectivity index (χ2v) is 15.2. The van der Waals surface area contributed by atoms with Gasteiger partial charge in [-0.2, -0.15) is 9.97 Å². The third-order valence-electron chi connectivity index (χ3n) is 11.4. The molecule has 0 aliphatic carbocycles. The Morgan fingerprint density at radius 3 is 1.26 bits per heavy atom. The number of rotatable bonds is 7. The molecule has 62 heavy (non-hydrogen) atoms. The van der Waals surface area contributed by atoms with Gasteiger partial charge in [-0.15, -0.1) is 0 Å². The van der Waals surface area contributed by atoms with Gasteiger partial charge >= 0.3 is 0 Å². The summed E-state index contributed by atoms with van der Waals surface area (Å²) in [4.78, 5) is 30.7. The maximum absolute atomic E-state index is 5.32. The summed E-state index contributed by atoms with van der Waals surface area (Å²) < 4.78 is 4.57.